The monoisotopic (exact) mass is 134 g/mol. The highest BCUT2D eigenvalue weighted by Gasteiger charge is 1.97. The molecule has 0 rings (SSSR count). The van der Waals surface area contributed by atoms with E-state index in [4.69, 9.17) is 9.99 Å². The Labute approximate surface area is 55.5 Å². The van der Waals surface area contributed by atoms with Crippen molar-refractivity contribution in [2.75, 3.05) is 6.61 Å². The number of unbranched alkanes of at least 4 members (excludes halogenated alkanes) is 1. The fourth-order valence-electron chi connectivity index (χ4n) is 0.424. The summed E-state index contributed by atoms with van der Waals surface area (Å²) in [6.45, 7) is 4.38. The maximum atomic E-state index is 8.01. The summed E-state index contributed by atoms with van der Waals surface area (Å²) < 4.78 is 4.96. The summed E-state index contributed by atoms with van der Waals surface area (Å²) in [4.78, 5) is 3.87. The molecule has 0 aliphatic heterocycles. The van der Waals surface area contributed by atoms with E-state index in [-0.39, 0.29) is 0 Å². The van der Waals surface area contributed by atoms with Gasteiger partial charge in [-0.1, -0.05) is 13.3 Å². The van der Waals surface area contributed by atoms with Crippen molar-refractivity contribution in [2.24, 2.45) is 0 Å². The zero-order chi connectivity index (χ0) is 7.11. The van der Waals surface area contributed by atoms with Crippen LogP contribution < -0.4 is 0 Å². The molecule has 0 saturated carbocycles. The predicted octanol–water partition coefficient (Wildman–Crippen LogP) is 1.64. The summed E-state index contributed by atoms with van der Waals surface area (Å²) in [5, 5.41) is 8.01. The molecule has 0 heterocycles. The van der Waals surface area contributed by atoms with Crippen LogP contribution in [0.2, 0.25) is 0 Å². The summed E-state index contributed by atoms with van der Waals surface area (Å²) in [6.07, 6.45) is 1.61. The van der Waals surface area contributed by atoms with Gasteiger partial charge in [0.2, 0.25) is 0 Å². The number of ether oxygens (including phenoxy) is 1. The van der Waals surface area contributed by atoms with Gasteiger partial charge in [-0.25, -0.2) is 10.1 Å². The van der Waals surface area contributed by atoms with E-state index in [1.807, 2.05) is 0 Å². The van der Waals surface area contributed by atoms with E-state index < -0.39 is 6.29 Å². The largest absolute Gasteiger partial charge is 0.350 e. The van der Waals surface area contributed by atoms with Crippen molar-refractivity contribution in [3.63, 3.8) is 0 Å². The van der Waals surface area contributed by atoms with E-state index in [9.17, 15) is 0 Å². The molecule has 1 unspecified atom stereocenters. The van der Waals surface area contributed by atoms with Crippen LogP contribution in [0.5, 0.6) is 0 Å². The Kier molecular flexibility index (Phi) is 5.93. The lowest BCUT2D eigenvalue weighted by Gasteiger charge is -2.07. The van der Waals surface area contributed by atoms with Gasteiger partial charge in [0.15, 0.2) is 6.29 Å². The molecule has 0 aromatic heterocycles. The van der Waals surface area contributed by atoms with Gasteiger partial charge in [0.1, 0.15) is 0 Å². The third kappa shape index (κ3) is 5.76. The van der Waals surface area contributed by atoms with Crippen molar-refractivity contribution in [3.8, 4) is 0 Å². The first kappa shape index (κ1) is 8.88. The lowest BCUT2D eigenvalue weighted by atomic mass is 10.4. The van der Waals surface area contributed by atoms with Crippen LogP contribution in [-0.2, 0) is 9.62 Å². The second kappa shape index (κ2) is 6.01. The first-order valence-electron chi connectivity index (χ1n) is 3.23. The van der Waals surface area contributed by atoms with Crippen molar-refractivity contribution in [1.29, 1.82) is 0 Å². The average Bonchev–Trinajstić information content (AvgIpc) is 1.89. The van der Waals surface area contributed by atoms with Gasteiger partial charge in [-0.3, -0.25) is 0 Å². The highest BCUT2D eigenvalue weighted by Crippen LogP contribution is 1.93. The zero-order valence-corrected chi connectivity index (χ0v) is 5.96. The normalized spacial score (nSPS) is 13.7. The quantitative estimate of drug-likeness (QED) is 0.269. The van der Waals surface area contributed by atoms with E-state index in [1.54, 1.807) is 6.92 Å². The smallest absolute Gasteiger partial charge is 0.188 e. The van der Waals surface area contributed by atoms with E-state index in [2.05, 4.69) is 11.8 Å². The van der Waals surface area contributed by atoms with Gasteiger partial charge < -0.3 is 4.74 Å². The molecule has 9 heavy (non-hydrogen) atoms. The predicted molar refractivity (Wildman–Crippen MR) is 34.0 cm³/mol. The molecule has 1 N–H and O–H groups in total. The van der Waals surface area contributed by atoms with E-state index in [0.717, 1.165) is 12.8 Å². The van der Waals surface area contributed by atoms with E-state index >= 15 is 0 Å². The number of rotatable bonds is 5. The van der Waals surface area contributed by atoms with E-state index in [1.165, 1.54) is 0 Å². The standard InChI is InChI=1S/C6H14O3/c1-3-4-5-8-6(2)9-7/h6-7H,3-5H2,1-2H3. The Hall–Kier alpha value is -0.120. The Bertz CT molecular complexity index is 56.3. The van der Waals surface area contributed by atoms with Crippen LogP contribution in [0.15, 0.2) is 0 Å². The average molecular weight is 134 g/mol. The Morgan fingerprint density at radius 3 is 2.67 bits per heavy atom. The summed E-state index contributed by atoms with van der Waals surface area (Å²) in [6, 6.07) is 0. The second-order valence-corrected chi connectivity index (χ2v) is 1.90. The molecule has 3 heteroatoms. The molecule has 0 aromatic carbocycles. The second-order valence-electron chi connectivity index (χ2n) is 1.90. The summed E-state index contributed by atoms with van der Waals surface area (Å²) in [5.41, 5.74) is 0. The Morgan fingerprint density at radius 2 is 2.22 bits per heavy atom. The minimum absolute atomic E-state index is 0.489. The van der Waals surface area contributed by atoms with Crippen molar-refractivity contribution < 1.29 is 14.9 Å². The summed E-state index contributed by atoms with van der Waals surface area (Å²) in [7, 11) is 0. The maximum absolute atomic E-state index is 8.01. The Balaban J connectivity index is 2.88. The molecule has 0 spiro atoms. The summed E-state index contributed by atoms with van der Waals surface area (Å²) in [5.74, 6) is 0. The molecule has 0 bridgehead atoms. The van der Waals surface area contributed by atoms with Crippen LogP contribution in [0.25, 0.3) is 0 Å². The number of hydrogen-bond donors (Lipinski definition) is 1. The van der Waals surface area contributed by atoms with Crippen LogP contribution in [0.4, 0.5) is 0 Å². The van der Waals surface area contributed by atoms with Crippen molar-refractivity contribution in [1.82, 2.24) is 0 Å². The Morgan fingerprint density at radius 1 is 1.56 bits per heavy atom. The molecule has 3 nitrogen and oxygen atoms in total. The van der Waals surface area contributed by atoms with Gasteiger partial charge in [-0.05, 0) is 13.3 Å². The molecule has 0 aromatic rings. The van der Waals surface area contributed by atoms with Gasteiger partial charge in [-0.2, -0.15) is 0 Å². The first-order valence-corrected chi connectivity index (χ1v) is 3.23. The van der Waals surface area contributed by atoms with E-state index in [0.29, 0.717) is 6.61 Å². The third-order valence-electron chi connectivity index (χ3n) is 0.999. The maximum Gasteiger partial charge on any atom is 0.188 e. The highest BCUT2D eigenvalue weighted by molar-refractivity contribution is 4.31. The van der Waals surface area contributed by atoms with Crippen molar-refractivity contribution in [3.05, 3.63) is 0 Å². The molecule has 0 amide bonds. The zero-order valence-electron chi connectivity index (χ0n) is 5.96. The van der Waals surface area contributed by atoms with Gasteiger partial charge in [0.05, 0.1) is 0 Å². The lowest BCUT2D eigenvalue weighted by Crippen LogP contribution is -2.10. The fraction of sp³-hybridized carbons (Fsp3) is 1.00. The van der Waals surface area contributed by atoms with Crippen molar-refractivity contribution in [2.45, 2.75) is 33.0 Å². The molecule has 1 atom stereocenters. The number of hydrogen-bond acceptors (Lipinski definition) is 3. The molecule has 0 aliphatic carbocycles. The third-order valence-corrected chi connectivity index (χ3v) is 0.999. The molecule has 56 valence electrons. The van der Waals surface area contributed by atoms with Crippen LogP contribution in [-0.4, -0.2) is 18.2 Å². The highest BCUT2D eigenvalue weighted by atomic mass is 17.1. The first-order chi connectivity index (χ1) is 4.31. The minimum Gasteiger partial charge on any atom is -0.350 e. The topological polar surface area (TPSA) is 38.7 Å². The van der Waals surface area contributed by atoms with Crippen LogP contribution in [0, 0.1) is 0 Å². The van der Waals surface area contributed by atoms with Crippen LogP contribution >= 0.6 is 0 Å². The molecule has 0 aliphatic rings. The summed E-state index contributed by atoms with van der Waals surface area (Å²) >= 11 is 0. The van der Waals surface area contributed by atoms with Crippen LogP contribution in [0.1, 0.15) is 26.7 Å². The molecule has 0 fully saturated rings. The van der Waals surface area contributed by atoms with Crippen LogP contribution in [0.3, 0.4) is 0 Å². The SMILES string of the molecule is CCCCOC(C)OO. The van der Waals surface area contributed by atoms with Crippen molar-refractivity contribution >= 4 is 0 Å². The van der Waals surface area contributed by atoms with Gasteiger partial charge in [0.25, 0.3) is 0 Å². The van der Waals surface area contributed by atoms with Gasteiger partial charge in [0, 0.05) is 6.61 Å². The fourth-order valence-corrected chi connectivity index (χ4v) is 0.424. The lowest BCUT2D eigenvalue weighted by molar-refractivity contribution is -0.339. The molecule has 0 radical (unpaired) electrons. The molecular weight excluding hydrogens is 120 g/mol. The molecule has 0 saturated heterocycles. The van der Waals surface area contributed by atoms with Gasteiger partial charge in [-0.15, -0.1) is 0 Å². The van der Waals surface area contributed by atoms with Gasteiger partial charge >= 0.3 is 0 Å². The molecular formula is C6H14O3. The minimum atomic E-state index is -0.489.